The van der Waals surface area contributed by atoms with Crippen LogP contribution < -0.4 is 0 Å². The molecule has 0 aromatic carbocycles. The first kappa shape index (κ1) is 5.96. The van der Waals surface area contributed by atoms with Crippen LogP contribution in [0.15, 0.2) is 23.6 Å². The van der Waals surface area contributed by atoms with E-state index in [1.54, 1.807) is 0 Å². The van der Waals surface area contributed by atoms with Crippen molar-refractivity contribution >= 4 is 11.8 Å². The van der Waals surface area contributed by atoms with Gasteiger partial charge in [0.25, 0.3) is 0 Å². The Balaban J connectivity index is 2.40. The van der Waals surface area contributed by atoms with E-state index >= 15 is 0 Å². The third kappa shape index (κ3) is 1.41. The van der Waals surface area contributed by atoms with E-state index in [4.69, 9.17) is 0 Å². The molecule has 1 aliphatic heterocycles. The lowest BCUT2D eigenvalue weighted by Crippen LogP contribution is -1.94. The van der Waals surface area contributed by atoms with Crippen molar-refractivity contribution in [1.29, 1.82) is 0 Å². The van der Waals surface area contributed by atoms with Gasteiger partial charge in [-0.1, -0.05) is 25.2 Å². The van der Waals surface area contributed by atoms with Gasteiger partial charge in [0.2, 0.25) is 0 Å². The van der Waals surface area contributed by atoms with Crippen molar-refractivity contribution in [3.8, 4) is 0 Å². The van der Waals surface area contributed by atoms with E-state index in [9.17, 15) is 0 Å². The molecule has 1 aliphatic rings. The monoisotopic (exact) mass is 126 g/mol. The Kier molecular flexibility index (Phi) is 2.22. The van der Waals surface area contributed by atoms with Crippen LogP contribution in [0.3, 0.4) is 0 Å². The van der Waals surface area contributed by atoms with Crippen LogP contribution in [-0.2, 0) is 0 Å². The van der Waals surface area contributed by atoms with E-state index < -0.39 is 0 Å². The minimum absolute atomic E-state index is 0.736. The standard InChI is InChI=1S/C7H10S/c1-2-7-5-3-4-6-8-7/h3-7H,2H2,1H3. The van der Waals surface area contributed by atoms with E-state index in [-0.39, 0.29) is 0 Å². The molecule has 0 radical (unpaired) electrons. The normalized spacial score (nSPS) is 26.4. The first-order valence-corrected chi connectivity index (χ1v) is 3.86. The maximum atomic E-state index is 2.24. The molecular formula is C7H10S. The van der Waals surface area contributed by atoms with Gasteiger partial charge in [-0.05, 0) is 11.8 Å². The molecule has 1 unspecified atom stereocenters. The van der Waals surface area contributed by atoms with E-state index in [0.29, 0.717) is 0 Å². The third-order valence-electron chi connectivity index (χ3n) is 1.17. The predicted molar refractivity (Wildman–Crippen MR) is 40.0 cm³/mol. The van der Waals surface area contributed by atoms with Crippen LogP contribution in [0.25, 0.3) is 0 Å². The van der Waals surface area contributed by atoms with Gasteiger partial charge in [0, 0.05) is 5.25 Å². The summed E-state index contributed by atoms with van der Waals surface area (Å²) in [6, 6.07) is 0. The van der Waals surface area contributed by atoms with Gasteiger partial charge < -0.3 is 0 Å². The van der Waals surface area contributed by atoms with Crippen LogP contribution in [0.5, 0.6) is 0 Å². The van der Waals surface area contributed by atoms with Gasteiger partial charge in [0.15, 0.2) is 0 Å². The van der Waals surface area contributed by atoms with Gasteiger partial charge in [-0.2, -0.15) is 0 Å². The van der Waals surface area contributed by atoms with Gasteiger partial charge in [-0.15, -0.1) is 11.8 Å². The van der Waals surface area contributed by atoms with Crippen LogP contribution in [0, 0.1) is 0 Å². The molecule has 0 saturated heterocycles. The summed E-state index contributed by atoms with van der Waals surface area (Å²) in [5, 5.41) is 2.88. The zero-order valence-corrected chi connectivity index (χ0v) is 5.82. The molecule has 0 saturated carbocycles. The van der Waals surface area contributed by atoms with Gasteiger partial charge in [0.05, 0.1) is 0 Å². The average molecular weight is 126 g/mol. The molecule has 0 aromatic rings. The maximum Gasteiger partial charge on any atom is 0.0268 e. The Morgan fingerprint density at radius 3 is 2.75 bits per heavy atom. The summed E-state index contributed by atoms with van der Waals surface area (Å²) >= 11 is 1.90. The first-order valence-electron chi connectivity index (χ1n) is 2.92. The van der Waals surface area contributed by atoms with Crippen molar-refractivity contribution in [2.45, 2.75) is 18.6 Å². The minimum Gasteiger partial charge on any atom is -0.127 e. The summed E-state index contributed by atoms with van der Waals surface area (Å²) in [6.45, 7) is 2.21. The van der Waals surface area contributed by atoms with Crippen LogP contribution in [0.2, 0.25) is 0 Å². The van der Waals surface area contributed by atoms with Gasteiger partial charge >= 0.3 is 0 Å². The Morgan fingerprint density at radius 1 is 1.50 bits per heavy atom. The van der Waals surface area contributed by atoms with Crippen LogP contribution in [-0.4, -0.2) is 5.25 Å². The molecule has 0 spiro atoms. The second-order valence-corrected chi connectivity index (χ2v) is 2.95. The summed E-state index contributed by atoms with van der Waals surface area (Å²) < 4.78 is 0. The Labute approximate surface area is 54.7 Å². The highest BCUT2D eigenvalue weighted by Gasteiger charge is 1.99. The first-order chi connectivity index (χ1) is 3.93. The Bertz CT molecular complexity index is 114. The molecule has 0 fully saturated rings. The quantitative estimate of drug-likeness (QED) is 0.520. The highest BCUT2D eigenvalue weighted by atomic mass is 32.2. The minimum atomic E-state index is 0.736. The van der Waals surface area contributed by atoms with Crippen molar-refractivity contribution in [2.75, 3.05) is 0 Å². The number of allylic oxidation sites excluding steroid dienone is 2. The number of thioether (sulfide) groups is 1. The highest BCUT2D eigenvalue weighted by Crippen LogP contribution is 2.20. The van der Waals surface area contributed by atoms with Crippen molar-refractivity contribution in [1.82, 2.24) is 0 Å². The number of rotatable bonds is 1. The van der Waals surface area contributed by atoms with Gasteiger partial charge in [0.1, 0.15) is 0 Å². The fourth-order valence-corrected chi connectivity index (χ4v) is 1.41. The molecule has 0 bridgehead atoms. The summed E-state index contributed by atoms with van der Waals surface area (Å²) in [7, 11) is 0. The van der Waals surface area contributed by atoms with Crippen molar-refractivity contribution in [2.24, 2.45) is 0 Å². The molecule has 0 aromatic heterocycles. The molecule has 1 rings (SSSR count). The summed E-state index contributed by atoms with van der Waals surface area (Å²) in [6.07, 6.45) is 7.68. The lowest BCUT2D eigenvalue weighted by atomic mass is 10.3. The second kappa shape index (κ2) is 2.98. The lowest BCUT2D eigenvalue weighted by Gasteiger charge is -2.07. The molecule has 0 aliphatic carbocycles. The van der Waals surface area contributed by atoms with Crippen LogP contribution in [0.4, 0.5) is 0 Å². The molecule has 1 atom stereocenters. The second-order valence-electron chi connectivity index (χ2n) is 1.80. The molecule has 0 nitrogen and oxygen atoms in total. The smallest absolute Gasteiger partial charge is 0.0268 e. The molecule has 8 heavy (non-hydrogen) atoms. The molecule has 1 heteroatoms. The van der Waals surface area contributed by atoms with Crippen LogP contribution in [0.1, 0.15) is 13.3 Å². The molecule has 1 heterocycles. The van der Waals surface area contributed by atoms with Crippen molar-refractivity contribution in [3.05, 3.63) is 23.6 Å². The molecule has 0 N–H and O–H groups in total. The SMILES string of the molecule is CCC1C=CC=CS1. The van der Waals surface area contributed by atoms with Crippen LogP contribution >= 0.6 is 11.8 Å². The van der Waals surface area contributed by atoms with E-state index in [1.165, 1.54) is 6.42 Å². The Morgan fingerprint density at radius 2 is 2.38 bits per heavy atom. The molecular weight excluding hydrogens is 116 g/mol. The van der Waals surface area contributed by atoms with E-state index in [1.807, 2.05) is 11.8 Å². The third-order valence-corrected chi connectivity index (χ3v) is 2.33. The topological polar surface area (TPSA) is 0 Å². The maximum absolute atomic E-state index is 2.24. The fourth-order valence-electron chi connectivity index (χ4n) is 0.657. The zero-order chi connectivity index (χ0) is 5.82. The number of hydrogen-bond acceptors (Lipinski definition) is 1. The summed E-state index contributed by atoms with van der Waals surface area (Å²) in [5.74, 6) is 0. The average Bonchev–Trinajstić information content (AvgIpc) is 1.90. The summed E-state index contributed by atoms with van der Waals surface area (Å²) in [5.41, 5.74) is 0. The zero-order valence-electron chi connectivity index (χ0n) is 5.00. The fraction of sp³-hybridized carbons (Fsp3) is 0.429. The van der Waals surface area contributed by atoms with Gasteiger partial charge in [-0.3, -0.25) is 0 Å². The van der Waals surface area contributed by atoms with Crippen molar-refractivity contribution in [3.63, 3.8) is 0 Å². The largest absolute Gasteiger partial charge is 0.127 e. The van der Waals surface area contributed by atoms with E-state index in [0.717, 1.165) is 5.25 Å². The highest BCUT2D eigenvalue weighted by molar-refractivity contribution is 8.02. The molecule has 44 valence electrons. The lowest BCUT2D eigenvalue weighted by molar-refractivity contribution is 0.979. The summed E-state index contributed by atoms with van der Waals surface area (Å²) in [4.78, 5) is 0. The van der Waals surface area contributed by atoms with Gasteiger partial charge in [-0.25, -0.2) is 0 Å². The predicted octanol–water partition coefficient (Wildman–Crippen LogP) is 2.58. The van der Waals surface area contributed by atoms with Crippen molar-refractivity contribution < 1.29 is 0 Å². The number of hydrogen-bond donors (Lipinski definition) is 0. The van der Waals surface area contributed by atoms with E-state index in [2.05, 4.69) is 30.6 Å². The Hall–Kier alpha value is -0.170. The molecule has 0 amide bonds.